The smallest absolute Gasteiger partial charge is 0.319 e. The Morgan fingerprint density at radius 3 is 2.50 bits per heavy atom. The van der Waals surface area contributed by atoms with E-state index >= 15 is 0 Å². The molecule has 4 nitrogen and oxygen atoms in total. The number of urea groups is 1. The van der Waals surface area contributed by atoms with Crippen LogP contribution in [0.15, 0.2) is 30.3 Å². The molecule has 0 aromatic heterocycles. The molecule has 1 heterocycles. The lowest BCUT2D eigenvalue weighted by atomic mass is 9.92. The van der Waals surface area contributed by atoms with Crippen LogP contribution < -0.4 is 10.6 Å². The quantitative estimate of drug-likeness (QED) is 0.887. The van der Waals surface area contributed by atoms with Gasteiger partial charge in [0, 0.05) is 31.9 Å². The number of anilines is 1. The van der Waals surface area contributed by atoms with Crippen LogP contribution in [-0.4, -0.2) is 37.1 Å². The molecule has 4 heteroatoms. The Kier molecular flexibility index (Phi) is 5.41. The molecule has 2 unspecified atom stereocenters. The molecule has 0 saturated carbocycles. The first kappa shape index (κ1) is 14.9. The van der Waals surface area contributed by atoms with Crippen molar-refractivity contribution in [3.05, 3.63) is 30.3 Å². The molecule has 1 fully saturated rings. The predicted molar refractivity (Wildman–Crippen MR) is 82.8 cm³/mol. The highest BCUT2D eigenvalue weighted by atomic mass is 16.2. The van der Waals surface area contributed by atoms with Gasteiger partial charge in [-0.15, -0.1) is 0 Å². The first-order valence-corrected chi connectivity index (χ1v) is 7.45. The summed E-state index contributed by atoms with van der Waals surface area (Å²) in [5, 5.41) is 5.75. The predicted octanol–water partition coefficient (Wildman–Crippen LogP) is 2.79. The molecular formula is C16H25N3O. The second-order valence-electron chi connectivity index (χ2n) is 5.95. The Bertz CT molecular complexity index is 411. The molecule has 2 rings (SSSR count). The third-order valence-electron chi connectivity index (χ3n) is 3.69. The van der Waals surface area contributed by atoms with Gasteiger partial charge in [-0.1, -0.05) is 32.0 Å². The van der Waals surface area contributed by atoms with Crippen LogP contribution in [0.2, 0.25) is 0 Å². The lowest BCUT2D eigenvalue weighted by molar-refractivity contribution is 0.142. The first-order valence-electron chi connectivity index (χ1n) is 7.45. The van der Waals surface area contributed by atoms with Gasteiger partial charge in [0.1, 0.15) is 0 Å². The van der Waals surface area contributed by atoms with Crippen LogP contribution in [0.4, 0.5) is 10.5 Å². The summed E-state index contributed by atoms with van der Waals surface area (Å²) in [5.41, 5.74) is 0.824. The summed E-state index contributed by atoms with van der Waals surface area (Å²) in [5.74, 6) is 1.52. The first-order chi connectivity index (χ1) is 9.63. The van der Waals surface area contributed by atoms with Gasteiger partial charge >= 0.3 is 6.03 Å². The van der Waals surface area contributed by atoms with Crippen LogP contribution in [-0.2, 0) is 0 Å². The average Bonchev–Trinajstić information content (AvgIpc) is 2.38. The third-order valence-corrected chi connectivity index (χ3v) is 3.69. The van der Waals surface area contributed by atoms with E-state index < -0.39 is 0 Å². The number of rotatable bonds is 4. The lowest BCUT2D eigenvalue weighted by Crippen LogP contribution is -2.43. The van der Waals surface area contributed by atoms with Crippen molar-refractivity contribution >= 4 is 11.7 Å². The van der Waals surface area contributed by atoms with E-state index in [2.05, 4.69) is 29.4 Å². The number of nitrogens with one attached hydrogen (secondary N) is 2. The molecule has 0 bridgehead atoms. The second-order valence-corrected chi connectivity index (χ2v) is 5.95. The molecule has 20 heavy (non-hydrogen) atoms. The largest absolute Gasteiger partial charge is 0.337 e. The van der Waals surface area contributed by atoms with E-state index in [4.69, 9.17) is 0 Å². The van der Waals surface area contributed by atoms with Crippen LogP contribution in [0.3, 0.4) is 0 Å². The van der Waals surface area contributed by atoms with Crippen LogP contribution in [0.1, 0.15) is 20.3 Å². The zero-order valence-electron chi connectivity index (χ0n) is 12.4. The summed E-state index contributed by atoms with van der Waals surface area (Å²) < 4.78 is 0. The fourth-order valence-corrected chi connectivity index (χ4v) is 3.00. The van der Waals surface area contributed by atoms with Crippen molar-refractivity contribution in [2.75, 3.05) is 31.5 Å². The highest BCUT2D eigenvalue weighted by Crippen LogP contribution is 2.20. The number of hydrogen-bond acceptors (Lipinski definition) is 2. The molecule has 1 aliphatic heterocycles. The molecule has 2 atom stereocenters. The van der Waals surface area contributed by atoms with Crippen molar-refractivity contribution in [2.24, 2.45) is 11.8 Å². The summed E-state index contributed by atoms with van der Waals surface area (Å²) >= 11 is 0. The molecular weight excluding hydrogens is 250 g/mol. The van der Waals surface area contributed by atoms with Gasteiger partial charge in [-0.25, -0.2) is 4.79 Å². The minimum atomic E-state index is -0.130. The van der Waals surface area contributed by atoms with Crippen molar-refractivity contribution < 1.29 is 4.79 Å². The van der Waals surface area contributed by atoms with Gasteiger partial charge in [-0.2, -0.15) is 0 Å². The van der Waals surface area contributed by atoms with E-state index in [0.717, 1.165) is 37.2 Å². The fourth-order valence-electron chi connectivity index (χ4n) is 3.00. The Balaban J connectivity index is 1.66. The number of hydrogen-bond donors (Lipinski definition) is 2. The zero-order chi connectivity index (χ0) is 14.4. The maximum atomic E-state index is 11.7. The monoisotopic (exact) mass is 275 g/mol. The SMILES string of the molecule is CC1CC(C)CN(CCNC(=O)Nc2ccccc2)C1. The van der Waals surface area contributed by atoms with E-state index in [1.54, 1.807) is 0 Å². The number of amides is 2. The number of nitrogens with zero attached hydrogens (tertiary/aromatic N) is 1. The van der Waals surface area contributed by atoms with Crippen molar-refractivity contribution in [3.8, 4) is 0 Å². The Hall–Kier alpha value is -1.55. The van der Waals surface area contributed by atoms with E-state index in [1.807, 2.05) is 30.3 Å². The average molecular weight is 275 g/mol. The molecule has 1 saturated heterocycles. The number of carbonyl (C=O) groups excluding carboxylic acids is 1. The highest BCUT2D eigenvalue weighted by molar-refractivity contribution is 5.89. The van der Waals surface area contributed by atoms with Crippen molar-refractivity contribution in [2.45, 2.75) is 20.3 Å². The Morgan fingerprint density at radius 1 is 1.20 bits per heavy atom. The van der Waals surface area contributed by atoms with Crippen LogP contribution in [0, 0.1) is 11.8 Å². The van der Waals surface area contributed by atoms with E-state index in [0.29, 0.717) is 6.54 Å². The van der Waals surface area contributed by atoms with Gasteiger partial charge in [-0.3, -0.25) is 0 Å². The number of carbonyl (C=O) groups is 1. The molecule has 1 aromatic rings. The molecule has 1 aliphatic rings. The molecule has 1 aromatic carbocycles. The van der Waals surface area contributed by atoms with Crippen LogP contribution in [0.25, 0.3) is 0 Å². The zero-order valence-corrected chi connectivity index (χ0v) is 12.4. The molecule has 2 N–H and O–H groups in total. The molecule has 110 valence electrons. The van der Waals surface area contributed by atoms with E-state index in [9.17, 15) is 4.79 Å². The molecule has 0 radical (unpaired) electrons. The second kappa shape index (κ2) is 7.29. The maximum absolute atomic E-state index is 11.7. The Labute approximate surface area is 121 Å². The fraction of sp³-hybridized carbons (Fsp3) is 0.562. The van der Waals surface area contributed by atoms with Crippen LogP contribution >= 0.6 is 0 Å². The topological polar surface area (TPSA) is 44.4 Å². The minimum Gasteiger partial charge on any atom is -0.337 e. The van der Waals surface area contributed by atoms with Crippen molar-refractivity contribution in [1.82, 2.24) is 10.2 Å². The molecule has 2 amide bonds. The number of para-hydroxylation sites is 1. The lowest BCUT2D eigenvalue weighted by Gasteiger charge is -2.34. The van der Waals surface area contributed by atoms with Gasteiger partial charge in [0.15, 0.2) is 0 Å². The van der Waals surface area contributed by atoms with Gasteiger partial charge < -0.3 is 15.5 Å². The molecule has 0 aliphatic carbocycles. The van der Waals surface area contributed by atoms with Crippen molar-refractivity contribution in [1.29, 1.82) is 0 Å². The highest BCUT2D eigenvalue weighted by Gasteiger charge is 2.21. The summed E-state index contributed by atoms with van der Waals surface area (Å²) in [4.78, 5) is 14.2. The standard InChI is InChI=1S/C16H25N3O/c1-13-10-14(2)12-19(11-13)9-8-17-16(20)18-15-6-4-3-5-7-15/h3-7,13-14H,8-12H2,1-2H3,(H2,17,18,20). The normalized spacial score (nSPS) is 23.3. The Morgan fingerprint density at radius 2 is 1.85 bits per heavy atom. The summed E-state index contributed by atoms with van der Waals surface area (Å²) in [7, 11) is 0. The summed E-state index contributed by atoms with van der Waals surface area (Å²) in [6.45, 7) is 8.52. The number of benzene rings is 1. The van der Waals surface area contributed by atoms with Gasteiger partial charge in [0.25, 0.3) is 0 Å². The van der Waals surface area contributed by atoms with E-state index in [1.165, 1.54) is 6.42 Å². The minimum absolute atomic E-state index is 0.130. The van der Waals surface area contributed by atoms with Gasteiger partial charge in [0.05, 0.1) is 0 Å². The van der Waals surface area contributed by atoms with Gasteiger partial charge in [-0.05, 0) is 30.4 Å². The van der Waals surface area contributed by atoms with E-state index in [-0.39, 0.29) is 6.03 Å². The number of piperidine rings is 1. The maximum Gasteiger partial charge on any atom is 0.319 e. The van der Waals surface area contributed by atoms with Gasteiger partial charge in [0.2, 0.25) is 0 Å². The number of likely N-dealkylation sites (tertiary alicyclic amines) is 1. The third kappa shape index (κ3) is 4.85. The molecule has 0 spiro atoms. The summed E-state index contributed by atoms with van der Waals surface area (Å²) in [6.07, 6.45) is 1.32. The van der Waals surface area contributed by atoms with Crippen LogP contribution in [0.5, 0.6) is 0 Å². The summed E-state index contributed by atoms with van der Waals surface area (Å²) in [6, 6.07) is 9.38. The van der Waals surface area contributed by atoms with Crippen molar-refractivity contribution in [3.63, 3.8) is 0 Å².